The molecule has 2 aromatic carbocycles. The van der Waals surface area contributed by atoms with Crippen LogP contribution in [0.1, 0.15) is 35.3 Å². The van der Waals surface area contributed by atoms with Gasteiger partial charge in [0.2, 0.25) is 0 Å². The Morgan fingerprint density at radius 1 is 1.07 bits per heavy atom. The largest absolute Gasteiger partial charge is 0.490 e. The van der Waals surface area contributed by atoms with Crippen molar-refractivity contribution in [1.29, 1.82) is 0 Å². The Bertz CT molecular complexity index is 827. The zero-order chi connectivity index (χ0) is 20.1. The normalized spacial score (nSPS) is 13.4. The van der Waals surface area contributed by atoms with Crippen molar-refractivity contribution in [2.45, 2.75) is 37.5 Å². The number of fused-ring (bicyclic) bond motifs is 1. The highest BCUT2D eigenvalue weighted by Crippen LogP contribution is 2.34. The Morgan fingerprint density at radius 2 is 1.68 bits per heavy atom. The summed E-state index contributed by atoms with van der Waals surface area (Å²) in [5.41, 5.74) is 2.69. The average molecular weight is 407 g/mol. The van der Waals surface area contributed by atoms with Gasteiger partial charge in [0.1, 0.15) is 0 Å². The number of carbonyl (C=O) groups is 1. The lowest BCUT2D eigenvalue weighted by Gasteiger charge is -2.30. The molecule has 1 aliphatic heterocycles. The highest BCUT2D eigenvalue weighted by Gasteiger charge is 2.24. The summed E-state index contributed by atoms with van der Waals surface area (Å²) in [6.07, 6.45) is 0.729. The second kappa shape index (κ2) is 9.28. The highest BCUT2D eigenvalue weighted by molar-refractivity contribution is 7.99. The molecule has 1 heterocycles. The Kier molecular flexibility index (Phi) is 6.78. The predicted molar refractivity (Wildman–Crippen MR) is 106 cm³/mol. The van der Waals surface area contributed by atoms with Crippen LogP contribution in [0.5, 0.6) is 11.5 Å². The molecule has 1 aliphatic rings. The summed E-state index contributed by atoms with van der Waals surface area (Å²) in [5, 5.41) is 0. The van der Waals surface area contributed by atoms with Gasteiger partial charge in [0.05, 0.1) is 13.2 Å². The SMILES string of the molecule is CCOc1cc2c(cc1OCC)CN(C(=O)c1ccc(SC(F)F)cc1)CC2. The lowest BCUT2D eigenvalue weighted by atomic mass is 9.98. The molecule has 0 bridgehead atoms. The summed E-state index contributed by atoms with van der Waals surface area (Å²) in [4.78, 5) is 15.1. The Balaban J connectivity index is 1.76. The molecular formula is C21H23F2NO3S. The number of amides is 1. The number of carbonyl (C=O) groups excluding carboxylic acids is 1. The van der Waals surface area contributed by atoms with Crippen LogP contribution < -0.4 is 9.47 Å². The van der Waals surface area contributed by atoms with Crippen molar-refractivity contribution in [2.75, 3.05) is 19.8 Å². The maximum absolute atomic E-state index is 12.8. The smallest absolute Gasteiger partial charge is 0.288 e. The van der Waals surface area contributed by atoms with Gasteiger partial charge >= 0.3 is 0 Å². The third-order valence-electron chi connectivity index (χ3n) is 4.49. The van der Waals surface area contributed by atoms with E-state index in [-0.39, 0.29) is 5.91 Å². The standard InChI is InChI=1S/C21H23F2NO3S/c1-3-26-18-11-15-9-10-24(13-16(15)12-19(18)27-4-2)20(25)14-5-7-17(8-6-14)28-21(22)23/h5-8,11-12,21H,3-4,9-10,13H2,1-2H3. The van der Waals surface area contributed by atoms with E-state index >= 15 is 0 Å². The van der Waals surface area contributed by atoms with Crippen LogP contribution in [0.3, 0.4) is 0 Å². The molecule has 0 radical (unpaired) electrons. The molecule has 0 atom stereocenters. The van der Waals surface area contributed by atoms with Crippen LogP contribution in [0.4, 0.5) is 8.78 Å². The van der Waals surface area contributed by atoms with Gasteiger partial charge in [-0.05, 0) is 67.8 Å². The van der Waals surface area contributed by atoms with E-state index in [4.69, 9.17) is 9.47 Å². The Morgan fingerprint density at radius 3 is 2.25 bits per heavy atom. The van der Waals surface area contributed by atoms with Gasteiger partial charge in [-0.3, -0.25) is 4.79 Å². The summed E-state index contributed by atoms with van der Waals surface area (Å²) in [6, 6.07) is 10.3. The maximum Gasteiger partial charge on any atom is 0.288 e. The first-order valence-corrected chi connectivity index (χ1v) is 10.1. The van der Waals surface area contributed by atoms with Crippen LogP contribution in [0, 0.1) is 0 Å². The van der Waals surface area contributed by atoms with Gasteiger partial charge < -0.3 is 14.4 Å². The molecule has 1 amide bonds. The van der Waals surface area contributed by atoms with Crippen LogP contribution in [-0.2, 0) is 13.0 Å². The minimum Gasteiger partial charge on any atom is -0.490 e. The zero-order valence-electron chi connectivity index (χ0n) is 15.9. The summed E-state index contributed by atoms with van der Waals surface area (Å²) in [6.45, 7) is 6.02. The van der Waals surface area contributed by atoms with E-state index in [0.29, 0.717) is 54.3 Å². The highest BCUT2D eigenvalue weighted by atomic mass is 32.2. The fourth-order valence-electron chi connectivity index (χ4n) is 3.24. The lowest BCUT2D eigenvalue weighted by Crippen LogP contribution is -2.36. The summed E-state index contributed by atoms with van der Waals surface area (Å²) in [5.74, 6) is -1.16. The molecule has 0 N–H and O–H groups in total. The van der Waals surface area contributed by atoms with E-state index in [1.165, 1.54) is 0 Å². The van der Waals surface area contributed by atoms with Crippen molar-refractivity contribution in [3.8, 4) is 11.5 Å². The van der Waals surface area contributed by atoms with Crippen LogP contribution in [-0.4, -0.2) is 36.3 Å². The number of hydrogen-bond acceptors (Lipinski definition) is 4. The number of halogens is 2. The summed E-state index contributed by atoms with van der Waals surface area (Å²) < 4.78 is 36.3. The number of alkyl halides is 2. The zero-order valence-corrected chi connectivity index (χ0v) is 16.7. The molecule has 0 fully saturated rings. The number of rotatable bonds is 7. The fourth-order valence-corrected chi connectivity index (χ4v) is 3.73. The molecule has 0 aromatic heterocycles. The number of thioether (sulfide) groups is 1. The monoisotopic (exact) mass is 407 g/mol. The molecule has 4 nitrogen and oxygen atoms in total. The van der Waals surface area contributed by atoms with E-state index in [1.54, 1.807) is 29.2 Å². The van der Waals surface area contributed by atoms with Crippen LogP contribution in [0.15, 0.2) is 41.3 Å². The maximum atomic E-state index is 12.8. The second-order valence-electron chi connectivity index (χ2n) is 6.31. The quantitative estimate of drug-likeness (QED) is 0.606. The third kappa shape index (κ3) is 4.76. The summed E-state index contributed by atoms with van der Waals surface area (Å²) >= 11 is 0.473. The van der Waals surface area contributed by atoms with E-state index in [0.717, 1.165) is 23.3 Å². The molecule has 150 valence electrons. The molecule has 0 saturated heterocycles. The molecule has 0 aliphatic carbocycles. The number of benzene rings is 2. The first-order chi connectivity index (χ1) is 13.5. The minimum absolute atomic E-state index is 0.105. The minimum atomic E-state index is -2.47. The van der Waals surface area contributed by atoms with Gasteiger partial charge in [0.25, 0.3) is 11.7 Å². The van der Waals surface area contributed by atoms with Crippen molar-refractivity contribution >= 4 is 17.7 Å². The first-order valence-electron chi connectivity index (χ1n) is 9.27. The second-order valence-corrected chi connectivity index (χ2v) is 7.38. The van der Waals surface area contributed by atoms with Crippen LogP contribution in [0.2, 0.25) is 0 Å². The van der Waals surface area contributed by atoms with Crippen molar-refractivity contribution in [3.05, 3.63) is 53.1 Å². The molecule has 28 heavy (non-hydrogen) atoms. The van der Waals surface area contributed by atoms with Gasteiger partial charge in [-0.1, -0.05) is 11.8 Å². The number of hydrogen-bond donors (Lipinski definition) is 0. The van der Waals surface area contributed by atoms with Crippen LogP contribution in [0.25, 0.3) is 0 Å². The van der Waals surface area contributed by atoms with E-state index in [1.807, 2.05) is 26.0 Å². The Labute approximate surface area is 167 Å². The molecule has 0 unspecified atom stereocenters. The summed E-state index contributed by atoms with van der Waals surface area (Å²) in [7, 11) is 0. The number of ether oxygens (including phenoxy) is 2. The molecule has 7 heteroatoms. The molecule has 2 aromatic rings. The molecular weight excluding hydrogens is 384 g/mol. The van der Waals surface area contributed by atoms with E-state index < -0.39 is 5.76 Å². The molecule has 3 rings (SSSR count). The van der Waals surface area contributed by atoms with E-state index in [2.05, 4.69) is 0 Å². The van der Waals surface area contributed by atoms with Crippen LogP contribution >= 0.6 is 11.8 Å². The fraction of sp³-hybridized carbons (Fsp3) is 0.381. The lowest BCUT2D eigenvalue weighted by molar-refractivity contribution is 0.0734. The van der Waals surface area contributed by atoms with Gasteiger partial charge in [-0.15, -0.1) is 0 Å². The first kappa shape index (κ1) is 20.5. The van der Waals surface area contributed by atoms with Crippen molar-refractivity contribution in [3.63, 3.8) is 0 Å². The van der Waals surface area contributed by atoms with Gasteiger partial charge in [0, 0.05) is 23.5 Å². The van der Waals surface area contributed by atoms with Crippen molar-refractivity contribution < 1.29 is 23.0 Å². The topological polar surface area (TPSA) is 38.8 Å². The average Bonchev–Trinajstić information content (AvgIpc) is 2.68. The van der Waals surface area contributed by atoms with Gasteiger partial charge in [-0.2, -0.15) is 8.78 Å². The third-order valence-corrected chi connectivity index (χ3v) is 5.21. The predicted octanol–water partition coefficient (Wildman–Crippen LogP) is 5.00. The van der Waals surface area contributed by atoms with Crippen molar-refractivity contribution in [2.24, 2.45) is 0 Å². The molecule has 0 saturated carbocycles. The number of nitrogens with zero attached hydrogens (tertiary/aromatic N) is 1. The van der Waals surface area contributed by atoms with E-state index in [9.17, 15) is 13.6 Å². The molecule has 0 spiro atoms. The Hall–Kier alpha value is -2.28. The van der Waals surface area contributed by atoms with Crippen molar-refractivity contribution in [1.82, 2.24) is 4.90 Å². The van der Waals surface area contributed by atoms with Gasteiger partial charge in [0.15, 0.2) is 11.5 Å². The van der Waals surface area contributed by atoms with Gasteiger partial charge in [-0.25, -0.2) is 0 Å².